The van der Waals surface area contributed by atoms with Crippen LogP contribution in [-0.4, -0.2) is 25.4 Å². The van der Waals surface area contributed by atoms with E-state index in [4.69, 9.17) is 15.2 Å². The van der Waals surface area contributed by atoms with Gasteiger partial charge in [-0.2, -0.15) is 0 Å². The fourth-order valence-corrected chi connectivity index (χ4v) is 1.82. The average Bonchev–Trinajstić information content (AvgIpc) is 2.29. The van der Waals surface area contributed by atoms with Gasteiger partial charge < -0.3 is 15.2 Å². The van der Waals surface area contributed by atoms with Gasteiger partial charge in [-0.15, -0.1) is 0 Å². The van der Waals surface area contributed by atoms with E-state index in [2.05, 4.69) is 0 Å². The quantitative estimate of drug-likeness (QED) is 0.849. The Morgan fingerprint density at radius 1 is 1.39 bits per heavy atom. The molecule has 0 bridgehead atoms. The number of hydrogen-bond acceptors (Lipinski definition) is 3. The standard InChI is InChI=1S/C14H22FNO2/c1-5-18-14(2,3)13(16)9-10-6-7-12(17-4)11(15)8-10/h6-8,13H,5,9,16H2,1-4H3. The van der Waals surface area contributed by atoms with Gasteiger partial charge in [0.1, 0.15) is 0 Å². The molecule has 0 aliphatic heterocycles. The number of benzene rings is 1. The molecule has 0 aliphatic rings. The molecule has 1 unspecified atom stereocenters. The third-order valence-corrected chi connectivity index (χ3v) is 3.08. The van der Waals surface area contributed by atoms with Gasteiger partial charge in [-0.05, 0) is 44.9 Å². The number of ether oxygens (including phenoxy) is 2. The van der Waals surface area contributed by atoms with Crippen LogP contribution in [0.1, 0.15) is 26.3 Å². The molecule has 0 heterocycles. The second-order valence-corrected chi connectivity index (χ2v) is 4.82. The van der Waals surface area contributed by atoms with E-state index in [0.29, 0.717) is 13.0 Å². The van der Waals surface area contributed by atoms with Crippen LogP contribution in [0.25, 0.3) is 0 Å². The fraction of sp³-hybridized carbons (Fsp3) is 0.571. The van der Waals surface area contributed by atoms with Gasteiger partial charge in [-0.3, -0.25) is 0 Å². The van der Waals surface area contributed by atoms with Gasteiger partial charge in [0.15, 0.2) is 11.6 Å². The van der Waals surface area contributed by atoms with Crippen molar-refractivity contribution in [2.45, 2.75) is 38.8 Å². The molecule has 2 N–H and O–H groups in total. The van der Waals surface area contributed by atoms with Crippen LogP contribution in [0.4, 0.5) is 4.39 Å². The first-order chi connectivity index (χ1) is 8.40. The summed E-state index contributed by atoms with van der Waals surface area (Å²) in [6.45, 7) is 6.43. The summed E-state index contributed by atoms with van der Waals surface area (Å²) in [4.78, 5) is 0. The molecule has 1 atom stereocenters. The summed E-state index contributed by atoms with van der Waals surface area (Å²) in [5.41, 5.74) is 6.53. The second kappa shape index (κ2) is 6.16. The predicted molar refractivity (Wildman–Crippen MR) is 70.3 cm³/mol. The zero-order valence-electron chi connectivity index (χ0n) is 11.5. The average molecular weight is 255 g/mol. The van der Waals surface area contributed by atoms with Crippen molar-refractivity contribution >= 4 is 0 Å². The molecule has 102 valence electrons. The highest BCUT2D eigenvalue weighted by Gasteiger charge is 2.27. The molecule has 0 aromatic heterocycles. The summed E-state index contributed by atoms with van der Waals surface area (Å²) in [6.07, 6.45) is 0.563. The van der Waals surface area contributed by atoms with Crippen molar-refractivity contribution in [3.63, 3.8) is 0 Å². The Morgan fingerprint density at radius 2 is 2.06 bits per heavy atom. The highest BCUT2D eigenvalue weighted by Crippen LogP contribution is 2.21. The Morgan fingerprint density at radius 3 is 2.56 bits per heavy atom. The van der Waals surface area contributed by atoms with Crippen molar-refractivity contribution in [2.24, 2.45) is 5.73 Å². The van der Waals surface area contributed by atoms with E-state index in [1.165, 1.54) is 13.2 Å². The Kier molecular flexibility index (Phi) is 5.11. The summed E-state index contributed by atoms with van der Waals surface area (Å²) < 4.78 is 24.0. The smallest absolute Gasteiger partial charge is 0.165 e. The van der Waals surface area contributed by atoms with E-state index in [1.807, 2.05) is 26.8 Å². The SMILES string of the molecule is CCOC(C)(C)C(N)Cc1ccc(OC)c(F)c1. The Hall–Kier alpha value is -1.13. The van der Waals surface area contributed by atoms with Gasteiger partial charge in [-0.25, -0.2) is 4.39 Å². The Bertz CT molecular complexity index is 393. The maximum Gasteiger partial charge on any atom is 0.165 e. The van der Waals surface area contributed by atoms with Gasteiger partial charge in [0.2, 0.25) is 0 Å². The molecule has 0 aliphatic carbocycles. The molecule has 0 radical (unpaired) electrons. The lowest BCUT2D eigenvalue weighted by Gasteiger charge is -2.31. The van der Waals surface area contributed by atoms with Crippen LogP contribution in [0.5, 0.6) is 5.75 Å². The largest absolute Gasteiger partial charge is 0.494 e. The highest BCUT2D eigenvalue weighted by atomic mass is 19.1. The maximum atomic E-state index is 13.5. The summed E-state index contributed by atoms with van der Waals surface area (Å²) >= 11 is 0. The van der Waals surface area contributed by atoms with E-state index in [-0.39, 0.29) is 17.6 Å². The van der Waals surface area contributed by atoms with Crippen LogP contribution >= 0.6 is 0 Å². The van der Waals surface area contributed by atoms with Crippen LogP contribution < -0.4 is 10.5 Å². The van der Waals surface area contributed by atoms with Crippen molar-refractivity contribution in [1.29, 1.82) is 0 Å². The van der Waals surface area contributed by atoms with Crippen LogP contribution in [-0.2, 0) is 11.2 Å². The van der Waals surface area contributed by atoms with Crippen LogP contribution in [0, 0.1) is 5.82 Å². The summed E-state index contributed by atoms with van der Waals surface area (Å²) in [6, 6.07) is 4.71. The highest BCUT2D eigenvalue weighted by molar-refractivity contribution is 5.29. The normalized spacial score (nSPS) is 13.4. The molecule has 4 heteroatoms. The Balaban J connectivity index is 2.76. The molecule has 0 spiro atoms. The zero-order valence-corrected chi connectivity index (χ0v) is 11.5. The number of rotatable bonds is 6. The van der Waals surface area contributed by atoms with Crippen LogP contribution in [0.3, 0.4) is 0 Å². The molecular weight excluding hydrogens is 233 g/mol. The van der Waals surface area contributed by atoms with Crippen LogP contribution in [0.2, 0.25) is 0 Å². The summed E-state index contributed by atoms with van der Waals surface area (Å²) in [5.74, 6) is -0.118. The molecule has 1 rings (SSSR count). The topological polar surface area (TPSA) is 44.5 Å². The van der Waals surface area contributed by atoms with Gasteiger partial charge in [-0.1, -0.05) is 6.07 Å². The lowest BCUT2D eigenvalue weighted by molar-refractivity contribution is -0.0288. The first kappa shape index (κ1) is 14.9. The predicted octanol–water partition coefficient (Wildman–Crippen LogP) is 2.52. The number of halogens is 1. The van der Waals surface area contributed by atoms with Crippen molar-refractivity contribution in [1.82, 2.24) is 0 Å². The fourth-order valence-electron chi connectivity index (χ4n) is 1.82. The van der Waals surface area contributed by atoms with Gasteiger partial charge >= 0.3 is 0 Å². The lowest BCUT2D eigenvalue weighted by Crippen LogP contribution is -2.46. The van der Waals surface area contributed by atoms with E-state index in [1.54, 1.807) is 6.07 Å². The molecule has 0 saturated carbocycles. The first-order valence-electron chi connectivity index (χ1n) is 6.12. The van der Waals surface area contributed by atoms with E-state index in [9.17, 15) is 4.39 Å². The number of methoxy groups -OCH3 is 1. The number of nitrogens with two attached hydrogens (primary N) is 1. The van der Waals surface area contributed by atoms with E-state index < -0.39 is 5.60 Å². The minimum absolute atomic E-state index is 0.190. The minimum Gasteiger partial charge on any atom is -0.494 e. The number of hydrogen-bond donors (Lipinski definition) is 1. The maximum absolute atomic E-state index is 13.5. The van der Waals surface area contributed by atoms with Crippen molar-refractivity contribution < 1.29 is 13.9 Å². The lowest BCUT2D eigenvalue weighted by atomic mass is 9.93. The molecular formula is C14H22FNO2. The van der Waals surface area contributed by atoms with Gasteiger partial charge in [0.25, 0.3) is 0 Å². The third kappa shape index (κ3) is 3.68. The van der Waals surface area contributed by atoms with Crippen molar-refractivity contribution in [3.8, 4) is 5.75 Å². The molecule has 0 fully saturated rings. The molecule has 0 saturated heterocycles. The zero-order chi connectivity index (χ0) is 13.8. The molecule has 0 amide bonds. The van der Waals surface area contributed by atoms with Gasteiger partial charge in [0, 0.05) is 12.6 Å². The van der Waals surface area contributed by atoms with Crippen molar-refractivity contribution in [2.75, 3.05) is 13.7 Å². The molecule has 18 heavy (non-hydrogen) atoms. The van der Waals surface area contributed by atoms with Gasteiger partial charge in [0.05, 0.1) is 12.7 Å². The second-order valence-electron chi connectivity index (χ2n) is 4.82. The van der Waals surface area contributed by atoms with E-state index in [0.717, 1.165) is 5.56 Å². The van der Waals surface area contributed by atoms with Crippen LogP contribution in [0.15, 0.2) is 18.2 Å². The third-order valence-electron chi connectivity index (χ3n) is 3.08. The Labute approximate surface area is 108 Å². The first-order valence-corrected chi connectivity index (χ1v) is 6.12. The monoisotopic (exact) mass is 255 g/mol. The molecule has 3 nitrogen and oxygen atoms in total. The van der Waals surface area contributed by atoms with Crippen molar-refractivity contribution in [3.05, 3.63) is 29.6 Å². The molecule has 1 aromatic rings. The summed E-state index contributed by atoms with van der Waals surface area (Å²) in [7, 11) is 1.45. The minimum atomic E-state index is -0.425. The summed E-state index contributed by atoms with van der Waals surface area (Å²) in [5, 5.41) is 0. The molecule has 1 aromatic carbocycles. The van der Waals surface area contributed by atoms with E-state index >= 15 is 0 Å².